The first-order valence-electron chi connectivity index (χ1n) is 9.41. The Morgan fingerprint density at radius 3 is 1.77 bits per heavy atom. The number of hydrogen-bond acceptors (Lipinski definition) is 6. The van der Waals surface area contributed by atoms with E-state index in [0.29, 0.717) is 17.2 Å². The van der Waals surface area contributed by atoms with Crippen molar-refractivity contribution < 1.29 is 27.4 Å². The van der Waals surface area contributed by atoms with Crippen LogP contribution in [0.3, 0.4) is 0 Å². The maximum Gasteiger partial charge on any atom is 0.278 e. The van der Waals surface area contributed by atoms with E-state index in [-0.39, 0.29) is 10.6 Å². The standard InChI is InChI=1S/C23H23NO6S/c1-17-4-14-22(15-5-17)31(26,27)24(18-6-8-19(28-2)9-7-18)23(25)16-30-21-12-10-20(29-3)11-13-21/h4-15H,16H2,1-3H3. The van der Waals surface area contributed by atoms with Crippen molar-refractivity contribution in [3.8, 4) is 17.2 Å². The van der Waals surface area contributed by atoms with Crippen LogP contribution in [0.15, 0.2) is 77.7 Å². The Hall–Kier alpha value is -3.52. The first kappa shape index (κ1) is 22.2. The molecule has 0 aromatic heterocycles. The summed E-state index contributed by atoms with van der Waals surface area (Å²) in [5.41, 5.74) is 1.09. The number of ether oxygens (including phenoxy) is 3. The van der Waals surface area contributed by atoms with Crippen molar-refractivity contribution in [2.75, 3.05) is 25.1 Å². The number of methoxy groups -OCH3 is 2. The summed E-state index contributed by atoms with van der Waals surface area (Å²) in [6, 6.07) is 19.1. The lowest BCUT2D eigenvalue weighted by molar-refractivity contribution is -0.119. The molecule has 0 aliphatic carbocycles. The van der Waals surface area contributed by atoms with Crippen molar-refractivity contribution in [2.24, 2.45) is 0 Å². The van der Waals surface area contributed by atoms with Gasteiger partial charge in [0.1, 0.15) is 17.2 Å². The summed E-state index contributed by atoms with van der Waals surface area (Å²) in [5, 5.41) is 0. The normalized spacial score (nSPS) is 10.9. The van der Waals surface area contributed by atoms with Gasteiger partial charge < -0.3 is 14.2 Å². The molecular formula is C23H23NO6S. The van der Waals surface area contributed by atoms with Crippen LogP contribution in [0.1, 0.15) is 5.56 Å². The van der Waals surface area contributed by atoms with Gasteiger partial charge in [0.05, 0.1) is 24.8 Å². The molecule has 7 nitrogen and oxygen atoms in total. The number of benzene rings is 3. The van der Waals surface area contributed by atoms with Gasteiger partial charge in [0.25, 0.3) is 15.9 Å². The highest BCUT2D eigenvalue weighted by Gasteiger charge is 2.31. The highest BCUT2D eigenvalue weighted by Crippen LogP contribution is 2.27. The van der Waals surface area contributed by atoms with Gasteiger partial charge in [-0.15, -0.1) is 0 Å². The summed E-state index contributed by atoms with van der Waals surface area (Å²) < 4.78 is 43.2. The monoisotopic (exact) mass is 441 g/mol. The number of aryl methyl sites for hydroxylation is 1. The molecule has 0 saturated carbocycles. The molecule has 0 spiro atoms. The molecule has 1 amide bonds. The van der Waals surface area contributed by atoms with E-state index >= 15 is 0 Å². The SMILES string of the molecule is COc1ccc(OCC(=O)N(c2ccc(OC)cc2)S(=O)(=O)c2ccc(C)cc2)cc1. The molecule has 3 aromatic carbocycles. The molecule has 0 radical (unpaired) electrons. The molecule has 31 heavy (non-hydrogen) atoms. The van der Waals surface area contributed by atoms with Crippen LogP contribution in [0.25, 0.3) is 0 Å². The number of sulfonamides is 1. The van der Waals surface area contributed by atoms with Crippen LogP contribution in [0.4, 0.5) is 5.69 Å². The van der Waals surface area contributed by atoms with Gasteiger partial charge in [0, 0.05) is 0 Å². The topological polar surface area (TPSA) is 82.1 Å². The van der Waals surface area contributed by atoms with E-state index < -0.39 is 22.5 Å². The van der Waals surface area contributed by atoms with Gasteiger partial charge in [0.15, 0.2) is 6.61 Å². The van der Waals surface area contributed by atoms with Crippen LogP contribution in [-0.4, -0.2) is 35.2 Å². The lowest BCUT2D eigenvalue weighted by atomic mass is 10.2. The Balaban J connectivity index is 1.92. The molecule has 8 heteroatoms. The summed E-state index contributed by atoms with van der Waals surface area (Å²) in [5.74, 6) is 0.858. The lowest BCUT2D eigenvalue weighted by Crippen LogP contribution is -2.40. The fourth-order valence-corrected chi connectivity index (χ4v) is 4.24. The van der Waals surface area contributed by atoms with Gasteiger partial charge >= 0.3 is 0 Å². The highest BCUT2D eigenvalue weighted by molar-refractivity contribution is 7.93. The minimum Gasteiger partial charge on any atom is -0.497 e. The molecule has 0 atom stereocenters. The van der Waals surface area contributed by atoms with E-state index in [1.807, 2.05) is 6.92 Å². The van der Waals surface area contributed by atoms with Crippen LogP contribution >= 0.6 is 0 Å². The zero-order chi connectivity index (χ0) is 22.4. The van der Waals surface area contributed by atoms with E-state index in [0.717, 1.165) is 9.87 Å². The number of anilines is 1. The second kappa shape index (κ2) is 9.53. The number of nitrogens with zero attached hydrogens (tertiary/aromatic N) is 1. The Morgan fingerprint density at radius 2 is 1.26 bits per heavy atom. The Morgan fingerprint density at radius 1 is 0.774 bits per heavy atom. The van der Waals surface area contributed by atoms with E-state index in [4.69, 9.17) is 14.2 Å². The molecule has 0 fully saturated rings. The largest absolute Gasteiger partial charge is 0.497 e. The third-order valence-electron chi connectivity index (χ3n) is 4.51. The van der Waals surface area contributed by atoms with Crippen LogP contribution in [-0.2, 0) is 14.8 Å². The Labute approximate surface area is 181 Å². The van der Waals surface area contributed by atoms with Gasteiger partial charge in [-0.3, -0.25) is 4.79 Å². The smallest absolute Gasteiger partial charge is 0.278 e. The third-order valence-corrected chi connectivity index (χ3v) is 6.28. The Kier molecular flexibility index (Phi) is 6.81. The molecule has 0 aliphatic rings. The van der Waals surface area contributed by atoms with Crippen molar-refractivity contribution in [1.82, 2.24) is 0 Å². The minimum absolute atomic E-state index is 0.00622. The summed E-state index contributed by atoms with van der Waals surface area (Å²) in [4.78, 5) is 13.1. The van der Waals surface area contributed by atoms with Crippen LogP contribution < -0.4 is 18.5 Å². The van der Waals surface area contributed by atoms with Gasteiger partial charge in [-0.2, -0.15) is 4.31 Å². The lowest BCUT2D eigenvalue weighted by Gasteiger charge is -2.23. The summed E-state index contributed by atoms with van der Waals surface area (Å²) in [7, 11) is -1.11. The van der Waals surface area contributed by atoms with E-state index in [1.54, 1.807) is 55.6 Å². The maximum atomic E-state index is 13.3. The minimum atomic E-state index is -4.16. The molecule has 3 aromatic rings. The second-order valence-corrected chi connectivity index (χ2v) is 8.43. The van der Waals surface area contributed by atoms with Crippen molar-refractivity contribution >= 4 is 21.6 Å². The molecular weight excluding hydrogens is 418 g/mol. The molecule has 0 N–H and O–H groups in total. The predicted octanol–water partition coefficient (Wildman–Crippen LogP) is 3.81. The molecule has 162 valence electrons. The first-order valence-corrected chi connectivity index (χ1v) is 10.8. The molecule has 3 rings (SSSR count). The van der Waals surface area contributed by atoms with Crippen molar-refractivity contribution in [3.05, 3.63) is 78.4 Å². The average Bonchev–Trinajstić information content (AvgIpc) is 2.79. The van der Waals surface area contributed by atoms with Crippen LogP contribution in [0.2, 0.25) is 0 Å². The van der Waals surface area contributed by atoms with Gasteiger partial charge in [-0.1, -0.05) is 17.7 Å². The van der Waals surface area contributed by atoms with Crippen LogP contribution in [0, 0.1) is 6.92 Å². The summed E-state index contributed by atoms with van der Waals surface area (Å²) in [6.07, 6.45) is 0. The van der Waals surface area contributed by atoms with E-state index in [1.165, 1.54) is 31.4 Å². The molecule has 0 bridgehead atoms. The number of amides is 1. The highest BCUT2D eigenvalue weighted by atomic mass is 32.2. The molecule has 0 unspecified atom stereocenters. The maximum absolute atomic E-state index is 13.3. The van der Waals surface area contributed by atoms with Gasteiger partial charge in [-0.25, -0.2) is 8.42 Å². The predicted molar refractivity (Wildman–Crippen MR) is 117 cm³/mol. The average molecular weight is 442 g/mol. The quantitative estimate of drug-likeness (QED) is 0.529. The number of hydrogen-bond donors (Lipinski definition) is 0. The summed E-state index contributed by atoms with van der Waals surface area (Å²) >= 11 is 0. The number of rotatable bonds is 8. The van der Waals surface area contributed by atoms with E-state index in [9.17, 15) is 13.2 Å². The third kappa shape index (κ3) is 5.16. The molecule has 0 aliphatic heterocycles. The van der Waals surface area contributed by atoms with Crippen molar-refractivity contribution in [3.63, 3.8) is 0 Å². The van der Waals surface area contributed by atoms with Crippen molar-refractivity contribution in [2.45, 2.75) is 11.8 Å². The van der Waals surface area contributed by atoms with Gasteiger partial charge in [-0.05, 0) is 67.6 Å². The zero-order valence-corrected chi connectivity index (χ0v) is 18.3. The molecule has 0 saturated heterocycles. The second-order valence-electron chi connectivity index (χ2n) is 6.64. The number of carbonyl (C=O) groups is 1. The first-order chi connectivity index (χ1) is 14.8. The van der Waals surface area contributed by atoms with Crippen LogP contribution in [0.5, 0.6) is 17.2 Å². The summed E-state index contributed by atoms with van der Waals surface area (Å²) in [6.45, 7) is 1.38. The van der Waals surface area contributed by atoms with E-state index in [2.05, 4.69) is 0 Å². The van der Waals surface area contributed by atoms with Crippen molar-refractivity contribution in [1.29, 1.82) is 0 Å². The fraction of sp³-hybridized carbons (Fsp3) is 0.174. The number of carbonyl (C=O) groups excluding carboxylic acids is 1. The van der Waals surface area contributed by atoms with Gasteiger partial charge in [0.2, 0.25) is 0 Å². The zero-order valence-electron chi connectivity index (χ0n) is 17.4. The fourth-order valence-electron chi connectivity index (χ4n) is 2.83. The Bertz CT molecular complexity index is 1120. The molecule has 0 heterocycles.